The van der Waals surface area contributed by atoms with E-state index in [1.807, 2.05) is 63.2 Å². The zero-order valence-corrected chi connectivity index (χ0v) is 13.6. The van der Waals surface area contributed by atoms with Crippen molar-refractivity contribution in [2.45, 2.75) is 27.2 Å². The Labute approximate surface area is 135 Å². The summed E-state index contributed by atoms with van der Waals surface area (Å²) in [4.78, 5) is 22.0. The Bertz CT molecular complexity index is 711. The lowest BCUT2D eigenvalue weighted by Gasteiger charge is -2.17. The highest BCUT2D eigenvalue weighted by Gasteiger charge is 2.17. The molecule has 0 aromatic heterocycles. The van der Waals surface area contributed by atoms with E-state index in [9.17, 15) is 4.79 Å². The zero-order chi connectivity index (χ0) is 16.4. The van der Waals surface area contributed by atoms with Gasteiger partial charge in [-0.3, -0.25) is 14.6 Å². The molecule has 1 aliphatic rings. The molecule has 1 heterocycles. The molecule has 2 bridgehead atoms. The van der Waals surface area contributed by atoms with E-state index < -0.39 is 0 Å². The van der Waals surface area contributed by atoms with Crippen molar-refractivity contribution in [1.82, 2.24) is 0 Å². The molecule has 0 radical (unpaired) electrons. The number of rotatable bonds is 4. The molecule has 4 nitrogen and oxygen atoms in total. The van der Waals surface area contributed by atoms with Gasteiger partial charge in [0.1, 0.15) is 0 Å². The summed E-state index contributed by atoms with van der Waals surface area (Å²) in [5.74, 6) is 1.22. The maximum atomic E-state index is 11.9. The Morgan fingerprint density at radius 2 is 1.78 bits per heavy atom. The molecule has 0 aliphatic carbocycles. The van der Waals surface area contributed by atoms with Crippen molar-refractivity contribution < 1.29 is 19.3 Å². The van der Waals surface area contributed by atoms with E-state index in [4.69, 9.17) is 14.5 Å². The minimum atomic E-state index is -0.202. The zero-order valence-electron chi connectivity index (χ0n) is 13.6. The Morgan fingerprint density at radius 3 is 2.48 bits per heavy atom. The van der Waals surface area contributed by atoms with Crippen LogP contribution in [0.2, 0.25) is 0 Å². The number of hydrogen-bond donors (Lipinski definition) is 0. The molecule has 0 saturated carbocycles. The van der Waals surface area contributed by atoms with Crippen LogP contribution < -0.4 is 9.78 Å². The Kier molecular flexibility index (Phi) is 3.99. The summed E-state index contributed by atoms with van der Waals surface area (Å²) in [6.45, 7) is 6.54. The van der Waals surface area contributed by atoms with E-state index in [2.05, 4.69) is 0 Å². The monoisotopic (exact) mass is 312 g/mol. The van der Waals surface area contributed by atoms with E-state index in [0.29, 0.717) is 18.1 Å². The summed E-state index contributed by atoms with van der Waals surface area (Å²) in [7, 11) is 0. The van der Waals surface area contributed by atoms with E-state index in [1.165, 1.54) is 0 Å². The Balaban J connectivity index is 1.65. The van der Waals surface area contributed by atoms with Gasteiger partial charge < -0.3 is 4.74 Å². The van der Waals surface area contributed by atoms with Gasteiger partial charge in [-0.15, -0.1) is 0 Å². The third-order valence-electron chi connectivity index (χ3n) is 3.46. The number of esters is 1. The maximum Gasteiger partial charge on any atom is 0.310 e. The van der Waals surface area contributed by atoms with Crippen molar-refractivity contribution >= 4 is 5.97 Å². The van der Waals surface area contributed by atoms with Crippen LogP contribution in [0.25, 0.3) is 11.1 Å². The van der Waals surface area contributed by atoms with Gasteiger partial charge in [-0.25, -0.2) is 0 Å². The van der Waals surface area contributed by atoms with E-state index >= 15 is 0 Å². The third kappa shape index (κ3) is 3.83. The first-order valence-corrected chi connectivity index (χ1v) is 7.64. The number of fused-ring (bicyclic) bond motifs is 2. The van der Waals surface area contributed by atoms with Crippen LogP contribution in [0, 0.1) is 5.41 Å². The number of carbonyl (C=O) groups excluding carboxylic acids is 1. The average Bonchev–Trinajstić information content (AvgIpc) is 2.87. The first-order valence-electron chi connectivity index (χ1n) is 7.64. The van der Waals surface area contributed by atoms with E-state index in [-0.39, 0.29) is 17.8 Å². The molecule has 0 atom stereocenters. The first-order chi connectivity index (χ1) is 10.9. The van der Waals surface area contributed by atoms with Gasteiger partial charge in [0.2, 0.25) is 0 Å². The second-order valence-corrected chi connectivity index (χ2v) is 6.92. The van der Waals surface area contributed by atoms with Crippen LogP contribution in [0.5, 0.6) is 11.5 Å². The Morgan fingerprint density at radius 1 is 1.04 bits per heavy atom. The third-order valence-corrected chi connectivity index (χ3v) is 3.46. The fourth-order valence-corrected chi connectivity index (χ4v) is 2.27. The van der Waals surface area contributed by atoms with Crippen LogP contribution in [-0.2, 0) is 16.0 Å². The summed E-state index contributed by atoms with van der Waals surface area (Å²) >= 11 is 0. The van der Waals surface area contributed by atoms with Crippen molar-refractivity contribution in [1.29, 1.82) is 0 Å². The molecule has 0 spiro atoms. The second-order valence-electron chi connectivity index (χ2n) is 6.92. The molecule has 4 heteroatoms. The number of benzene rings is 2. The van der Waals surface area contributed by atoms with Gasteiger partial charge in [0.25, 0.3) is 0 Å². The van der Waals surface area contributed by atoms with Crippen molar-refractivity contribution in [3.05, 3.63) is 48.0 Å². The van der Waals surface area contributed by atoms with Crippen LogP contribution in [0.15, 0.2) is 42.5 Å². The normalized spacial score (nSPS) is 12.5. The predicted octanol–water partition coefficient (Wildman–Crippen LogP) is 4.17. The molecule has 0 N–H and O–H groups in total. The van der Waals surface area contributed by atoms with Crippen molar-refractivity contribution in [2.75, 3.05) is 6.61 Å². The number of carbonyl (C=O) groups is 1. The summed E-state index contributed by atoms with van der Waals surface area (Å²) in [6.07, 6.45) is 0.280. The summed E-state index contributed by atoms with van der Waals surface area (Å²) in [5.41, 5.74) is 2.89. The lowest BCUT2D eigenvalue weighted by atomic mass is 9.98. The smallest absolute Gasteiger partial charge is 0.310 e. The highest BCUT2D eigenvalue weighted by molar-refractivity contribution is 5.75. The SMILES string of the molecule is CC(C)(C)COC(=O)Cc1ccc(-c2ccc3cc2OO3)cc1. The predicted molar refractivity (Wildman–Crippen MR) is 87.3 cm³/mol. The average molecular weight is 312 g/mol. The molecule has 1 aliphatic heterocycles. The van der Waals surface area contributed by atoms with Gasteiger partial charge in [-0.05, 0) is 28.7 Å². The number of ether oxygens (including phenoxy) is 1. The minimum absolute atomic E-state index is 0.0174. The molecule has 23 heavy (non-hydrogen) atoms. The molecular formula is C19H20O4. The molecule has 0 unspecified atom stereocenters. The van der Waals surface area contributed by atoms with Crippen LogP contribution in [0.4, 0.5) is 0 Å². The van der Waals surface area contributed by atoms with Gasteiger partial charge in [0.15, 0.2) is 11.5 Å². The summed E-state index contributed by atoms with van der Waals surface area (Å²) in [6, 6.07) is 13.5. The standard InChI is InChI=1S/C19H20O4/c1-19(2,3)12-21-18(20)10-13-4-6-14(7-5-13)16-9-8-15-11-17(16)23-22-15/h4-9,11H,10,12H2,1-3H3. The molecule has 0 amide bonds. The fourth-order valence-electron chi connectivity index (χ4n) is 2.27. The minimum Gasteiger partial charge on any atom is -0.465 e. The van der Waals surface area contributed by atoms with Crippen LogP contribution in [0.3, 0.4) is 0 Å². The second kappa shape index (κ2) is 5.95. The van der Waals surface area contributed by atoms with Gasteiger partial charge in [-0.1, -0.05) is 45.0 Å². The van der Waals surface area contributed by atoms with Gasteiger partial charge in [-0.2, -0.15) is 0 Å². The van der Waals surface area contributed by atoms with Crippen LogP contribution >= 0.6 is 0 Å². The molecule has 2 aromatic carbocycles. The molecule has 0 fully saturated rings. The fraction of sp³-hybridized carbons (Fsp3) is 0.316. The largest absolute Gasteiger partial charge is 0.465 e. The number of hydrogen-bond acceptors (Lipinski definition) is 4. The highest BCUT2D eigenvalue weighted by atomic mass is 17.2. The van der Waals surface area contributed by atoms with E-state index in [0.717, 1.165) is 16.7 Å². The van der Waals surface area contributed by atoms with Gasteiger partial charge in [0, 0.05) is 11.6 Å². The van der Waals surface area contributed by atoms with Crippen molar-refractivity contribution in [3.8, 4) is 22.6 Å². The molecule has 120 valence electrons. The van der Waals surface area contributed by atoms with Crippen LogP contribution in [0.1, 0.15) is 26.3 Å². The summed E-state index contributed by atoms with van der Waals surface area (Å²) < 4.78 is 5.29. The van der Waals surface area contributed by atoms with Gasteiger partial charge in [0.05, 0.1) is 13.0 Å². The van der Waals surface area contributed by atoms with Gasteiger partial charge >= 0.3 is 5.97 Å². The van der Waals surface area contributed by atoms with E-state index in [1.54, 1.807) is 0 Å². The topological polar surface area (TPSA) is 44.8 Å². The van der Waals surface area contributed by atoms with Crippen molar-refractivity contribution in [2.24, 2.45) is 5.41 Å². The lowest BCUT2D eigenvalue weighted by Crippen LogP contribution is -2.19. The Hall–Kier alpha value is -2.49. The lowest BCUT2D eigenvalue weighted by molar-refractivity contribution is -0.145. The quantitative estimate of drug-likeness (QED) is 0.628. The highest BCUT2D eigenvalue weighted by Crippen LogP contribution is 2.37. The van der Waals surface area contributed by atoms with Crippen LogP contribution in [-0.4, -0.2) is 12.6 Å². The first kappa shape index (κ1) is 15.4. The summed E-state index contributed by atoms with van der Waals surface area (Å²) in [5, 5.41) is 0. The molecule has 2 aromatic rings. The molecule has 3 rings (SSSR count). The maximum absolute atomic E-state index is 11.9. The molecule has 0 saturated heterocycles. The molecular weight excluding hydrogens is 292 g/mol. The van der Waals surface area contributed by atoms with Crippen molar-refractivity contribution in [3.63, 3.8) is 0 Å².